The molecule has 0 aliphatic rings. The maximum absolute atomic E-state index is 12.5. The Morgan fingerprint density at radius 2 is 1.47 bits per heavy atom. The Kier molecular flexibility index (Phi) is 8.07. The van der Waals surface area contributed by atoms with E-state index in [0.29, 0.717) is 5.56 Å². The summed E-state index contributed by atoms with van der Waals surface area (Å²) in [6.07, 6.45) is 0. The number of hydrazine groups is 1. The molecule has 2 rings (SSSR count). The molecule has 0 saturated heterocycles. The zero-order valence-electron chi connectivity index (χ0n) is 16.5. The summed E-state index contributed by atoms with van der Waals surface area (Å²) < 4.78 is 32.1. The van der Waals surface area contributed by atoms with Crippen molar-refractivity contribution in [3.05, 3.63) is 66.2 Å². The van der Waals surface area contributed by atoms with Gasteiger partial charge in [-0.05, 0) is 30.2 Å². The van der Waals surface area contributed by atoms with Crippen LogP contribution in [0.5, 0.6) is 0 Å². The van der Waals surface area contributed by atoms with Crippen molar-refractivity contribution in [3.63, 3.8) is 0 Å². The number of ether oxygens (including phenoxy) is 1. The molecule has 0 saturated carbocycles. The lowest BCUT2D eigenvalue weighted by Gasteiger charge is -2.20. The van der Waals surface area contributed by atoms with Crippen LogP contribution in [0.3, 0.4) is 0 Å². The van der Waals surface area contributed by atoms with E-state index in [9.17, 15) is 22.8 Å². The van der Waals surface area contributed by atoms with E-state index in [0.717, 1.165) is 0 Å². The summed E-state index contributed by atoms with van der Waals surface area (Å²) >= 11 is 0. The number of hydrogen-bond acceptors (Lipinski definition) is 6. The van der Waals surface area contributed by atoms with Gasteiger partial charge < -0.3 is 4.74 Å². The second kappa shape index (κ2) is 10.5. The highest BCUT2D eigenvalue weighted by atomic mass is 32.2. The van der Waals surface area contributed by atoms with E-state index < -0.39 is 46.4 Å². The molecule has 0 aliphatic carbocycles. The number of nitrogens with one attached hydrogen (secondary N) is 3. The van der Waals surface area contributed by atoms with Crippen LogP contribution >= 0.6 is 0 Å². The first-order chi connectivity index (χ1) is 14.2. The smallest absolute Gasteiger partial charge is 0.324 e. The maximum atomic E-state index is 12.5. The fraction of sp³-hybridized carbons (Fsp3) is 0.250. The van der Waals surface area contributed by atoms with Gasteiger partial charge in [-0.15, -0.1) is 0 Å². The molecule has 0 aliphatic heterocycles. The van der Waals surface area contributed by atoms with Gasteiger partial charge in [0, 0.05) is 5.56 Å². The number of sulfonamides is 1. The third kappa shape index (κ3) is 6.68. The first-order valence-corrected chi connectivity index (χ1v) is 10.6. The predicted molar refractivity (Wildman–Crippen MR) is 108 cm³/mol. The summed E-state index contributed by atoms with van der Waals surface area (Å²) in [7, 11) is -3.95. The van der Waals surface area contributed by atoms with Crippen LogP contribution < -0.4 is 15.6 Å². The summed E-state index contributed by atoms with van der Waals surface area (Å²) in [6.45, 7) is 2.59. The lowest BCUT2D eigenvalue weighted by atomic mass is 10.1. The molecule has 0 radical (unpaired) electrons. The Balaban J connectivity index is 1.89. The second-order valence-corrected chi connectivity index (χ2v) is 8.35. The van der Waals surface area contributed by atoms with Crippen molar-refractivity contribution in [2.75, 3.05) is 6.61 Å². The minimum absolute atomic E-state index is 0.00446. The van der Waals surface area contributed by atoms with Gasteiger partial charge in [0.25, 0.3) is 11.8 Å². The number of esters is 1. The van der Waals surface area contributed by atoms with Crippen molar-refractivity contribution in [1.82, 2.24) is 15.6 Å². The number of rotatable bonds is 8. The molecule has 2 aromatic rings. The van der Waals surface area contributed by atoms with Gasteiger partial charge >= 0.3 is 5.97 Å². The summed E-state index contributed by atoms with van der Waals surface area (Å²) in [4.78, 5) is 36.1. The van der Waals surface area contributed by atoms with Crippen LogP contribution in [-0.2, 0) is 24.3 Å². The first kappa shape index (κ1) is 23.0. The highest BCUT2D eigenvalue weighted by Crippen LogP contribution is 2.12. The molecule has 2 amide bonds. The molecule has 0 fully saturated rings. The molecule has 0 spiro atoms. The van der Waals surface area contributed by atoms with Gasteiger partial charge in [-0.1, -0.05) is 50.2 Å². The Morgan fingerprint density at radius 1 is 0.900 bits per heavy atom. The predicted octanol–water partition coefficient (Wildman–Crippen LogP) is 0.994. The molecule has 3 N–H and O–H groups in total. The second-order valence-electron chi connectivity index (χ2n) is 6.63. The zero-order valence-corrected chi connectivity index (χ0v) is 17.3. The minimum atomic E-state index is -3.95. The van der Waals surface area contributed by atoms with Crippen molar-refractivity contribution < 1.29 is 27.5 Å². The van der Waals surface area contributed by atoms with Crippen molar-refractivity contribution in [2.45, 2.75) is 24.8 Å². The molecule has 10 heteroatoms. The van der Waals surface area contributed by atoms with Crippen molar-refractivity contribution >= 4 is 27.8 Å². The van der Waals surface area contributed by atoms with Crippen molar-refractivity contribution in [2.24, 2.45) is 5.92 Å². The van der Waals surface area contributed by atoms with E-state index in [1.165, 1.54) is 12.1 Å². The van der Waals surface area contributed by atoms with Crippen LogP contribution in [0.2, 0.25) is 0 Å². The molecule has 9 nitrogen and oxygen atoms in total. The van der Waals surface area contributed by atoms with Gasteiger partial charge in [-0.25, -0.2) is 8.42 Å². The highest BCUT2D eigenvalue weighted by molar-refractivity contribution is 7.89. The van der Waals surface area contributed by atoms with Gasteiger partial charge in [-0.2, -0.15) is 4.72 Å². The standard InChI is InChI=1S/C20H23N3O6S/c1-14(2)18(23-30(27,28)16-11-7-4-8-12-16)20(26)29-13-17(24)21-22-19(25)15-9-5-3-6-10-15/h3-12,14,18,23H,13H2,1-2H3,(H,21,24)(H,22,25)/t18-/m0/s1. The first-order valence-electron chi connectivity index (χ1n) is 9.09. The number of carbonyl (C=O) groups is 3. The van der Waals surface area contributed by atoms with E-state index in [4.69, 9.17) is 4.74 Å². The lowest BCUT2D eigenvalue weighted by Crippen LogP contribution is -2.47. The molecule has 1 atom stereocenters. The molecule has 30 heavy (non-hydrogen) atoms. The Labute approximate surface area is 174 Å². The zero-order chi connectivity index (χ0) is 22.1. The normalized spacial score (nSPS) is 12.1. The van der Waals surface area contributed by atoms with E-state index in [1.807, 2.05) is 0 Å². The van der Waals surface area contributed by atoms with Gasteiger partial charge in [0.15, 0.2) is 6.61 Å². The third-order valence-electron chi connectivity index (χ3n) is 3.95. The lowest BCUT2D eigenvalue weighted by molar-refractivity contribution is -0.151. The topological polar surface area (TPSA) is 131 Å². The van der Waals surface area contributed by atoms with E-state index >= 15 is 0 Å². The number of carbonyl (C=O) groups excluding carboxylic acids is 3. The number of amides is 2. The molecule has 0 bridgehead atoms. The fourth-order valence-corrected chi connectivity index (χ4v) is 3.70. The van der Waals surface area contributed by atoms with Crippen LogP contribution in [0.4, 0.5) is 0 Å². The van der Waals surface area contributed by atoms with Crippen molar-refractivity contribution in [3.8, 4) is 0 Å². The van der Waals surface area contributed by atoms with Crippen molar-refractivity contribution in [1.29, 1.82) is 0 Å². The van der Waals surface area contributed by atoms with Gasteiger partial charge in [-0.3, -0.25) is 25.2 Å². The average molecular weight is 433 g/mol. The summed E-state index contributed by atoms with van der Waals surface area (Å²) in [5.74, 6) is -2.65. The van der Waals surface area contributed by atoms with Crippen LogP contribution in [0.1, 0.15) is 24.2 Å². The van der Waals surface area contributed by atoms with E-state index in [1.54, 1.807) is 62.4 Å². The van der Waals surface area contributed by atoms with Crippen LogP contribution in [0.15, 0.2) is 65.6 Å². The van der Waals surface area contributed by atoms with Gasteiger partial charge in [0.2, 0.25) is 10.0 Å². The molecule has 0 unspecified atom stereocenters. The largest absolute Gasteiger partial charge is 0.454 e. The quantitative estimate of drug-likeness (QED) is 0.420. The molecular weight excluding hydrogens is 410 g/mol. The molecular formula is C20H23N3O6S. The fourth-order valence-electron chi connectivity index (χ4n) is 2.34. The molecule has 0 heterocycles. The molecule has 160 valence electrons. The van der Waals surface area contributed by atoms with Gasteiger partial charge in [0.1, 0.15) is 6.04 Å². The highest BCUT2D eigenvalue weighted by Gasteiger charge is 2.30. The minimum Gasteiger partial charge on any atom is -0.454 e. The molecule has 2 aromatic carbocycles. The van der Waals surface area contributed by atoms with Crippen LogP contribution in [0, 0.1) is 5.92 Å². The van der Waals surface area contributed by atoms with Gasteiger partial charge in [0.05, 0.1) is 4.90 Å². The summed E-state index contributed by atoms with van der Waals surface area (Å²) in [6, 6.07) is 14.6. The average Bonchev–Trinajstić information content (AvgIpc) is 2.75. The Hall–Kier alpha value is -3.24. The van der Waals surface area contributed by atoms with Crippen LogP contribution in [-0.4, -0.2) is 38.9 Å². The monoisotopic (exact) mass is 433 g/mol. The number of hydrogen-bond donors (Lipinski definition) is 3. The Bertz CT molecular complexity index is 978. The summed E-state index contributed by atoms with van der Waals surface area (Å²) in [5.41, 5.74) is 4.66. The van der Waals surface area contributed by atoms with E-state index in [-0.39, 0.29) is 4.90 Å². The van der Waals surface area contributed by atoms with E-state index in [2.05, 4.69) is 15.6 Å². The third-order valence-corrected chi connectivity index (χ3v) is 5.41. The Morgan fingerprint density at radius 3 is 2.03 bits per heavy atom. The van der Waals surface area contributed by atoms with Crippen LogP contribution in [0.25, 0.3) is 0 Å². The SMILES string of the molecule is CC(C)[C@H](NS(=O)(=O)c1ccccc1)C(=O)OCC(=O)NNC(=O)c1ccccc1. The maximum Gasteiger partial charge on any atom is 0.324 e. The molecule has 0 aromatic heterocycles. The number of benzene rings is 2. The summed E-state index contributed by atoms with van der Waals surface area (Å²) in [5, 5.41) is 0.